The lowest BCUT2D eigenvalue weighted by Gasteiger charge is -2.20. The number of ether oxygens (including phenoxy) is 2. The molecular formula is C41H39N3O5S. The van der Waals surface area contributed by atoms with Crippen molar-refractivity contribution in [3.05, 3.63) is 155 Å². The Bertz CT molecular complexity index is 2000. The second-order valence-corrected chi connectivity index (χ2v) is 12.5. The minimum absolute atomic E-state index is 0.00637. The van der Waals surface area contributed by atoms with E-state index in [0.29, 0.717) is 28.3 Å². The number of rotatable bonds is 13. The fourth-order valence-electron chi connectivity index (χ4n) is 5.31. The van der Waals surface area contributed by atoms with Crippen LogP contribution in [0.2, 0.25) is 0 Å². The highest BCUT2D eigenvalue weighted by Crippen LogP contribution is 2.38. The van der Waals surface area contributed by atoms with E-state index in [1.54, 1.807) is 61.7 Å². The van der Waals surface area contributed by atoms with Crippen molar-refractivity contribution in [1.29, 1.82) is 0 Å². The van der Waals surface area contributed by atoms with E-state index >= 15 is 0 Å². The molecule has 0 aliphatic heterocycles. The fraction of sp³-hybridized carbons (Fsp3) is 0.146. The summed E-state index contributed by atoms with van der Waals surface area (Å²) in [5.74, 6) is -0.0931. The number of carbonyl (C=O) groups excluding carboxylic acids is 3. The summed E-state index contributed by atoms with van der Waals surface area (Å²) in [6.45, 7) is 4.05. The standard InChI is InChI=1S/C41H39N3O5S/c1-5-28-19-12-14-27(2)37(28)44-41(47)38(29-15-8-6-9-16-29)50-34-21-13-20-32(25-34)42-40(46)35(43-39(45)30-17-10-7-11-18-30)24-31-22-23-33(48-3)26-36(31)49-4/h6-26,38H,5H2,1-4H3,(H,42,46)(H,43,45)(H,44,47)/b35-24+. The smallest absolute Gasteiger partial charge is 0.272 e. The zero-order valence-corrected chi connectivity index (χ0v) is 29.2. The molecule has 50 heavy (non-hydrogen) atoms. The zero-order chi connectivity index (χ0) is 35.5. The molecule has 0 bridgehead atoms. The zero-order valence-electron chi connectivity index (χ0n) is 28.4. The van der Waals surface area contributed by atoms with Gasteiger partial charge < -0.3 is 25.4 Å². The Balaban J connectivity index is 1.42. The highest BCUT2D eigenvalue weighted by atomic mass is 32.2. The molecule has 0 aliphatic carbocycles. The van der Waals surface area contributed by atoms with Gasteiger partial charge in [-0.25, -0.2) is 0 Å². The van der Waals surface area contributed by atoms with Crippen LogP contribution < -0.4 is 25.4 Å². The molecule has 0 fully saturated rings. The Morgan fingerprint density at radius 3 is 2.20 bits per heavy atom. The molecule has 3 amide bonds. The van der Waals surface area contributed by atoms with Crippen LogP contribution >= 0.6 is 11.8 Å². The van der Waals surface area contributed by atoms with Crippen LogP contribution in [0.3, 0.4) is 0 Å². The molecule has 0 saturated heterocycles. The van der Waals surface area contributed by atoms with Crippen molar-refractivity contribution in [2.24, 2.45) is 0 Å². The maximum Gasteiger partial charge on any atom is 0.272 e. The van der Waals surface area contributed by atoms with Crippen LogP contribution in [0.1, 0.15) is 44.8 Å². The monoisotopic (exact) mass is 685 g/mol. The number of nitrogens with one attached hydrogen (secondary N) is 3. The van der Waals surface area contributed by atoms with E-state index in [1.165, 1.54) is 18.9 Å². The van der Waals surface area contributed by atoms with Gasteiger partial charge in [-0.2, -0.15) is 0 Å². The Morgan fingerprint density at radius 1 is 0.780 bits per heavy atom. The lowest BCUT2D eigenvalue weighted by Crippen LogP contribution is -2.30. The minimum atomic E-state index is -0.574. The summed E-state index contributed by atoms with van der Waals surface area (Å²) in [7, 11) is 3.07. The number of para-hydroxylation sites is 1. The molecule has 8 nitrogen and oxygen atoms in total. The number of carbonyl (C=O) groups is 3. The molecule has 0 spiro atoms. The van der Waals surface area contributed by atoms with Crippen LogP contribution in [0, 0.1) is 6.92 Å². The van der Waals surface area contributed by atoms with E-state index in [-0.39, 0.29) is 11.6 Å². The number of aryl methyl sites for hydroxylation is 2. The molecule has 0 radical (unpaired) electrons. The highest BCUT2D eigenvalue weighted by Gasteiger charge is 2.24. The van der Waals surface area contributed by atoms with Gasteiger partial charge in [0, 0.05) is 33.5 Å². The SMILES string of the molecule is CCc1cccc(C)c1NC(=O)C(Sc1cccc(NC(=O)/C(=C\c2ccc(OC)cc2OC)NC(=O)c2ccccc2)c1)c1ccccc1. The van der Waals surface area contributed by atoms with Gasteiger partial charge in [-0.05, 0) is 78.6 Å². The third-order valence-electron chi connectivity index (χ3n) is 7.94. The van der Waals surface area contributed by atoms with Crippen LogP contribution in [0.15, 0.2) is 132 Å². The predicted molar refractivity (Wildman–Crippen MR) is 201 cm³/mol. The van der Waals surface area contributed by atoms with Gasteiger partial charge in [-0.15, -0.1) is 11.8 Å². The average molecular weight is 686 g/mol. The van der Waals surface area contributed by atoms with Crippen molar-refractivity contribution in [3.63, 3.8) is 0 Å². The van der Waals surface area contributed by atoms with Gasteiger partial charge in [-0.1, -0.05) is 79.7 Å². The largest absolute Gasteiger partial charge is 0.497 e. The van der Waals surface area contributed by atoms with Gasteiger partial charge in [-0.3, -0.25) is 14.4 Å². The fourth-order valence-corrected chi connectivity index (χ4v) is 6.39. The van der Waals surface area contributed by atoms with Gasteiger partial charge in [0.2, 0.25) is 5.91 Å². The van der Waals surface area contributed by atoms with E-state index in [4.69, 9.17) is 9.47 Å². The van der Waals surface area contributed by atoms with Gasteiger partial charge in [0.25, 0.3) is 11.8 Å². The maximum atomic E-state index is 13.9. The highest BCUT2D eigenvalue weighted by molar-refractivity contribution is 8.00. The topological polar surface area (TPSA) is 106 Å². The second kappa shape index (κ2) is 17.0. The number of methoxy groups -OCH3 is 2. The quantitative estimate of drug-likeness (QED) is 0.0849. The van der Waals surface area contributed by atoms with Gasteiger partial charge in [0.1, 0.15) is 22.4 Å². The third-order valence-corrected chi connectivity index (χ3v) is 9.19. The predicted octanol–water partition coefficient (Wildman–Crippen LogP) is 8.46. The molecule has 5 rings (SSSR count). The van der Waals surface area contributed by atoms with Gasteiger partial charge in [0.15, 0.2) is 0 Å². The Hall–Kier alpha value is -5.80. The molecule has 3 N–H and O–H groups in total. The molecule has 0 heterocycles. The van der Waals surface area contributed by atoms with Crippen molar-refractivity contribution < 1.29 is 23.9 Å². The summed E-state index contributed by atoms with van der Waals surface area (Å²) in [5, 5.41) is 8.30. The van der Waals surface area contributed by atoms with Crippen molar-refractivity contribution in [2.75, 3.05) is 24.9 Å². The van der Waals surface area contributed by atoms with E-state index in [0.717, 1.165) is 33.7 Å². The van der Waals surface area contributed by atoms with E-state index in [1.807, 2.05) is 79.7 Å². The molecule has 9 heteroatoms. The molecule has 254 valence electrons. The van der Waals surface area contributed by atoms with Crippen LogP contribution in [-0.2, 0) is 16.0 Å². The number of benzene rings is 5. The number of hydrogen-bond acceptors (Lipinski definition) is 6. The van der Waals surface area contributed by atoms with Crippen LogP contribution in [-0.4, -0.2) is 31.9 Å². The van der Waals surface area contributed by atoms with Gasteiger partial charge in [0.05, 0.1) is 14.2 Å². The maximum absolute atomic E-state index is 13.9. The number of amides is 3. The van der Waals surface area contributed by atoms with E-state index in [9.17, 15) is 14.4 Å². The molecular weight excluding hydrogens is 647 g/mol. The number of anilines is 2. The summed E-state index contributed by atoms with van der Waals surface area (Å²) in [4.78, 5) is 41.7. The second-order valence-electron chi connectivity index (χ2n) is 11.3. The first-order chi connectivity index (χ1) is 24.3. The first-order valence-electron chi connectivity index (χ1n) is 16.1. The summed E-state index contributed by atoms with van der Waals surface area (Å²) < 4.78 is 10.9. The molecule has 1 atom stereocenters. The molecule has 0 aromatic heterocycles. The lowest BCUT2D eigenvalue weighted by atomic mass is 10.1. The van der Waals surface area contributed by atoms with Crippen molar-refractivity contribution in [3.8, 4) is 11.5 Å². The first kappa shape index (κ1) is 35.5. The molecule has 5 aromatic carbocycles. The van der Waals surface area contributed by atoms with Crippen molar-refractivity contribution >= 4 is 46.9 Å². The van der Waals surface area contributed by atoms with E-state index in [2.05, 4.69) is 22.9 Å². The molecule has 0 saturated carbocycles. The van der Waals surface area contributed by atoms with Crippen LogP contribution in [0.4, 0.5) is 11.4 Å². The average Bonchev–Trinajstić information content (AvgIpc) is 3.15. The number of hydrogen-bond donors (Lipinski definition) is 3. The summed E-state index contributed by atoms with van der Waals surface area (Å²) in [5.41, 5.74) is 5.19. The number of thioether (sulfide) groups is 1. The first-order valence-corrected chi connectivity index (χ1v) is 17.0. The Kier molecular flexibility index (Phi) is 12.1. The lowest BCUT2D eigenvalue weighted by molar-refractivity contribution is -0.116. The van der Waals surface area contributed by atoms with Crippen LogP contribution in [0.25, 0.3) is 6.08 Å². The van der Waals surface area contributed by atoms with Crippen molar-refractivity contribution in [2.45, 2.75) is 30.4 Å². The summed E-state index contributed by atoms with van der Waals surface area (Å²) in [6, 6.07) is 36.7. The minimum Gasteiger partial charge on any atom is -0.497 e. The van der Waals surface area contributed by atoms with E-state index < -0.39 is 17.1 Å². The Labute approximate surface area is 296 Å². The third kappa shape index (κ3) is 9.00. The Morgan fingerprint density at radius 2 is 1.50 bits per heavy atom. The normalized spacial score (nSPS) is 11.6. The molecule has 5 aromatic rings. The molecule has 1 unspecified atom stereocenters. The van der Waals surface area contributed by atoms with Gasteiger partial charge >= 0.3 is 0 Å². The summed E-state index contributed by atoms with van der Waals surface area (Å²) in [6.07, 6.45) is 2.34. The summed E-state index contributed by atoms with van der Waals surface area (Å²) >= 11 is 1.38. The van der Waals surface area contributed by atoms with Crippen LogP contribution in [0.5, 0.6) is 11.5 Å². The molecule has 0 aliphatic rings. The van der Waals surface area contributed by atoms with Crippen molar-refractivity contribution in [1.82, 2.24) is 5.32 Å².